The minimum Gasteiger partial charge on any atom is -0.497 e. The number of ether oxygens (including phenoxy) is 2. The van der Waals surface area contributed by atoms with Crippen molar-refractivity contribution in [1.29, 1.82) is 0 Å². The summed E-state index contributed by atoms with van der Waals surface area (Å²) in [4.78, 5) is 25.3. The molecule has 0 bridgehead atoms. The van der Waals surface area contributed by atoms with E-state index in [9.17, 15) is 9.59 Å². The highest BCUT2D eigenvalue weighted by atomic mass is 32.2. The number of anilines is 1. The van der Waals surface area contributed by atoms with E-state index in [0.29, 0.717) is 16.2 Å². The zero-order chi connectivity index (χ0) is 17.1. The number of amides is 1. The number of rotatable bonds is 3. The van der Waals surface area contributed by atoms with Crippen LogP contribution in [0.1, 0.15) is 15.9 Å². The highest BCUT2D eigenvalue weighted by molar-refractivity contribution is 8.04. The number of hydrogen-bond acceptors (Lipinski definition) is 5. The van der Waals surface area contributed by atoms with Crippen molar-refractivity contribution in [3.8, 4) is 5.75 Å². The Morgan fingerprint density at radius 3 is 2.54 bits per heavy atom. The molecule has 24 heavy (non-hydrogen) atoms. The van der Waals surface area contributed by atoms with Crippen LogP contribution in [-0.2, 0) is 9.53 Å². The van der Waals surface area contributed by atoms with Gasteiger partial charge in [0.1, 0.15) is 5.75 Å². The Bertz CT molecular complexity index is 827. The van der Waals surface area contributed by atoms with Gasteiger partial charge in [-0.1, -0.05) is 23.9 Å². The van der Waals surface area contributed by atoms with Gasteiger partial charge in [0, 0.05) is 4.90 Å². The Hall–Kier alpha value is -2.73. The SMILES string of the molecule is COC(=O)c1ccc2c(c1)NC(=O)C(=Cc1ccc(OC)cc1)S2. The minimum atomic E-state index is -0.434. The van der Waals surface area contributed by atoms with E-state index in [-0.39, 0.29) is 5.91 Å². The summed E-state index contributed by atoms with van der Waals surface area (Å²) in [6, 6.07) is 12.6. The summed E-state index contributed by atoms with van der Waals surface area (Å²) in [5.41, 5.74) is 1.92. The first-order valence-corrected chi connectivity index (χ1v) is 7.99. The third-order valence-electron chi connectivity index (χ3n) is 3.51. The van der Waals surface area contributed by atoms with E-state index in [4.69, 9.17) is 9.47 Å². The number of esters is 1. The van der Waals surface area contributed by atoms with Crippen molar-refractivity contribution in [3.05, 3.63) is 58.5 Å². The molecule has 0 aliphatic carbocycles. The minimum absolute atomic E-state index is 0.203. The summed E-state index contributed by atoms with van der Waals surface area (Å²) in [6.45, 7) is 0. The molecular formula is C18H15NO4S. The van der Waals surface area contributed by atoms with Gasteiger partial charge in [0.2, 0.25) is 0 Å². The van der Waals surface area contributed by atoms with Gasteiger partial charge in [-0.2, -0.15) is 0 Å². The second kappa shape index (κ2) is 6.80. The topological polar surface area (TPSA) is 64.6 Å². The molecule has 0 saturated heterocycles. The maximum absolute atomic E-state index is 12.3. The average molecular weight is 341 g/mol. The molecule has 0 aromatic heterocycles. The molecule has 0 saturated carbocycles. The lowest BCUT2D eigenvalue weighted by Crippen LogP contribution is -2.18. The molecule has 6 heteroatoms. The fraction of sp³-hybridized carbons (Fsp3) is 0.111. The van der Waals surface area contributed by atoms with Crippen molar-refractivity contribution in [2.24, 2.45) is 0 Å². The van der Waals surface area contributed by atoms with Gasteiger partial charge in [-0.25, -0.2) is 4.79 Å². The lowest BCUT2D eigenvalue weighted by molar-refractivity contribution is -0.112. The highest BCUT2D eigenvalue weighted by Gasteiger charge is 2.22. The van der Waals surface area contributed by atoms with E-state index in [1.807, 2.05) is 30.3 Å². The highest BCUT2D eigenvalue weighted by Crippen LogP contribution is 2.39. The van der Waals surface area contributed by atoms with Crippen LogP contribution in [0.3, 0.4) is 0 Å². The molecule has 3 rings (SSSR count). The number of carbonyl (C=O) groups excluding carboxylic acids is 2. The number of benzene rings is 2. The van der Waals surface area contributed by atoms with E-state index in [1.165, 1.54) is 18.9 Å². The molecular weight excluding hydrogens is 326 g/mol. The van der Waals surface area contributed by atoms with Gasteiger partial charge in [0.05, 0.1) is 30.4 Å². The molecule has 5 nitrogen and oxygen atoms in total. The summed E-state index contributed by atoms with van der Waals surface area (Å²) >= 11 is 1.36. The first-order chi connectivity index (χ1) is 11.6. The van der Waals surface area contributed by atoms with Crippen LogP contribution in [0.4, 0.5) is 5.69 Å². The molecule has 0 atom stereocenters. The third-order valence-corrected chi connectivity index (χ3v) is 4.61. The van der Waals surface area contributed by atoms with Crippen LogP contribution in [0.2, 0.25) is 0 Å². The van der Waals surface area contributed by atoms with Gasteiger partial charge >= 0.3 is 5.97 Å². The van der Waals surface area contributed by atoms with Crippen molar-refractivity contribution in [3.63, 3.8) is 0 Å². The molecule has 0 unspecified atom stereocenters. The average Bonchev–Trinajstić information content (AvgIpc) is 2.62. The molecule has 1 amide bonds. The smallest absolute Gasteiger partial charge is 0.337 e. The molecule has 122 valence electrons. The third kappa shape index (κ3) is 3.28. The van der Waals surface area contributed by atoms with Crippen LogP contribution < -0.4 is 10.1 Å². The number of nitrogens with one attached hydrogen (secondary N) is 1. The van der Waals surface area contributed by atoms with Gasteiger partial charge < -0.3 is 14.8 Å². The van der Waals surface area contributed by atoms with E-state index >= 15 is 0 Å². The van der Waals surface area contributed by atoms with Crippen LogP contribution in [0, 0.1) is 0 Å². The molecule has 2 aromatic carbocycles. The fourth-order valence-electron chi connectivity index (χ4n) is 2.26. The van der Waals surface area contributed by atoms with Crippen molar-refractivity contribution < 1.29 is 19.1 Å². The molecule has 0 radical (unpaired) electrons. The molecule has 0 fully saturated rings. The van der Waals surface area contributed by atoms with Crippen LogP contribution in [0.5, 0.6) is 5.75 Å². The van der Waals surface area contributed by atoms with Crippen LogP contribution in [-0.4, -0.2) is 26.1 Å². The van der Waals surface area contributed by atoms with Gasteiger partial charge in [-0.05, 0) is 42.0 Å². The number of fused-ring (bicyclic) bond motifs is 1. The van der Waals surface area contributed by atoms with Crippen LogP contribution in [0.25, 0.3) is 6.08 Å². The van der Waals surface area contributed by atoms with Gasteiger partial charge in [0.25, 0.3) is 5.91 Å². The molecule has 1 aliphatic rings. The lowest BCUT2D eigenvalue weighted by atomic mass is 10.2. The second-order valence-corrected chi connectivity index (χ2v) is 6.12. The molecule has 1 heterocycles. The van der Waals surface area contributed by atoms with Gasteiger partial charge in [-0.15, -0.1) is 0 Å². The number of hydrogen-bond donors (Lipinski definition) is 1. The number of thioether (sulfide) groups is 1. The van der Waals surface area contributed by atoms with E-state index in [2.05, 4.69) is 5.32 Å². The Kier molecular flexibility index (Phi) is 4.57. The van der Waals surface area contributed by atoms with E-state index in [1.54, 1.807) is 25.3 Å². The largest absolute Gasteiger partial charge is 0.497 e. The monoisotopic (exact) mass is 341 g/mol. The Balaban J connectivity index is 1.87. The molecule has 2 aromatic rings. The summed E-state index contributed by atoms with van der Waals surface area (Å²) in [7, 11) is 2.93. The van der Waals surface area contributed by atoms with E-state index < -0.39 is 5.97 Å². The van der Waals surface area contributed by atoms with Crippen molar-refractivity contribution in [2.45, 2.75) is 4.90 Å². The van der Waals surface area contributed by atoms with Crippen molar-refractivity contribution >= 4 is 35.4 Å². The van der Waals surface area contributed by atoms with Crippen molar-refractivity contribution in [1.82, 2.24) is 0 Å². The van der Waals surface area contributed by atoms with Crippen LogP contribution >= 0.6 is 11.8 Å². The maximum atomic E-state index is 12.3. The van der Waals surface area contributed by atoms with Gasteiger partial charge in [-0.3, -0.25) is 4.79 Å². The van der Waals surface area contributed by atoms with Crippen LogP contribution in [0.15, 0.2) is 52.3 Å². The maximum Gasteiger partial charge on any atom is 0.337 e. The summed E-state index contributed by atoms with van der Waals surface area (Å²) < 4.78 is 9.82. The summed E-state index contributed by atoms with van der Waals surface area (Å²) in [6.07, 6.45) is 1.82. The zero-order valence-electron chi connectivity index (χ0n) is 13.2. The van der Waals surface area contributed by atoms with E-state index in [0.717, 1.165) is 16.2 Å². The van der Waals surface area contributed by atoms with Crippen molar-refractivity contribution in [2.75, 3.05) is 19.5 Å². The Labute approximate surface area is 143 Å². The summed E-state index contributed by atoms with van der Waals surface area (Å²) in [5, 5.41) is 2.81. The molecule has 0 spiro atoms. The quantitative estimate of drug-likeness (QED) is 0.683. The Morgan fingerprint density at radius 2 is 1.88 bits per heavy atom. The van der Waals surface area contributed by atoms with Gasteiger partial charge in [0.15, 0.2) is 0 Å². The lowest BCUT2D eigenvalue weighted by Gasteiger charge is -2.19. The summed E-state index contributed by atoms with van der Waals surface area (Å²) in [5.74, 6) is 0.125. The first-order valence-electron chi connectivity index (χ1n) is 7.18. The number of carbonyl (C=O) groups is 2. The normalized spacial score (nSPS) is 14.8. The fourth-order valence-corrected chi connectivity index (χ4v) is 3.19. The first kappa shape index (κ1) is 16.1. The molecule has 1 N–H and O–H groups in total. The standard InChI is InChI=1S/C18H15NO4S/c1-22-13-6-3-11(4-7-13)9-16-17(20)19-14-10-12(18(21)23-2)5-8-15(14)24-16/h3-10H,1-2H3,(H,19,20). The molecule has 1 aliphatic heterocycles. The number of methoxy groups -OCH3 is 2. The predicted molar refractivity (Wildman–Crippen MR) is 93.2 cm³/mol. The zero-order valence-corrected chi connectivity index (χ0v) is 14.0. The predicted octanol–water partition coefficient (Wildman–Crippen LogP) is 3.57. The Morgan fingerprint density at radius 1 is 1.12 bits per heavy atom. The second-order valence-electron chi connectivity index (χ2n) is 5.04.